The van der Waals surface area contributed by atoms with Crippen LogP contribution in [0.25, 0.3) is 0 Å². The number of hydrogen-bond acceptors (Lipinski definition) is 3. The Morgan fingerprint density at radius 2 is 1.74 bits per heavy atom. The minimum atomic E-state index is -3.39. The maximum atomic E-state index is 12.3. The first kappa shape index (κ1) is 21.0. The first-order valence-electron chi connectivity index (χ1n) is 9.08. The predicted octanol–water partition coefficient (Wildman–Crippen LogP) is 3.73. The van der Waals surface area contributed by atoms with Gasteiger partial charge in [-0.1, -0.05) is 36.4 Å². The van der Waals surface area contributed by atoms with E-state index in [4.69, 9.17) is 0 Å². The van der Waals surface area contributed by atoms with Crippen molar-refractivity contribution in [1.82, 2.24) is 5.32 Å². The normalized spacial score (nSPS) is 12.4. The molecule has 0 heterocycles. The van der Waals surface area contributed by atoms with Crippen LogP contribution in [-0.2, 0) is 14.8 Å². The fourth-order valence-electron chi connectivity index (χ4n) is 2.89. The predicted molar refractivity (Wildman–Crippen MR) is 110 cm³/mol. The number of hydrogen-bond donors (Lipinski definition) is 1. The number of rotatable bonds is 8. The van der Waals surface area contributed by atoms with Gasteiger partial charge in [-0.05, 0) is 56.0 Å². The molecule has 0 saturated heterocycles. The monoisotopic (exact) mass is 388 g/mol. The van der Waals surface area contributed by atoms with E-state index in [2.05, 4.69) is 31.3 Å². The zero-order valence-electron chi connectivity index (χ0n) is 16.4. The van der Waals surface area contributed by atoms with Crippen molar-refractivity contribution in [3.05, 3.63) is 65.2 Å². The summed E-state index contributed by atoms with van der Waals surface area (Å²) in [4.78, 5) is 12.3. The van der Waals surface area contributed by atoms with Gasteiger partial charge < -0.3 is 5.32 Å². The van der Waals surface area contributed by atoms with Crippen LogP contribution < -0.4 is 9.62 Å². The molecule has 0 aliphatic heterocycles. The highest BCUT2D eigenvalue weighted by Crippen LogP contribution is 2.19. The lowest BCUT2D eigenvalue weighted by molar-refractivity contribution is -0.121. The van der Waals surface area contributed by atoms with Gasteiger partial charge in [-0.3, -0.25) is 9.10 Å². The van der Waals surface area contributed by atoms with E-state index >= 15 is 0 Å². The van der Waals surface area contributed by atoms with Gasteiger partial charge in [0.1, 0.15) is 0 Å². The zero-order valence-corrected chi connectivity index (χ0v) is 17.2. The van der Waals surface area contributed by atoms with Crippen molar-refractivity contribution in [1.29, 1.82) is 0 Å². The lowest BCUT2D eigenvalue weighted by Gasteiger charge is -2.22. The Kier molecular flexibility index (Phi) is 7.02. The smallest absolute Gasteiger partial charge is 0.232 e. The molecule has 1 atom stereocenters. The number of anilines is 1. The van der Waals surface area contributed by atoms with E-state index in [1.165, 1.54) is 21.7 Å². The number of aryl methyl sites for hydroxylation is 2. The summed E-state index contributed by atoms with van der Waals surface area (Å²) < 4.78 is 25.5. The molecule has 6 heteroatoms. The van der Waals surface area contributed by atoms with Crippen molar-refractivity contribution in [3.8, 4) is 0 Å². The van der Waals surface area contributed by atoms with Gasteiger partial charge >= 0.3 is 0 Å². The van der Waals surface area contributed by atoms with Gasteiger partial charge in [0.25, 0.3) is 0 Å². The Morgan fingerprint density at radius 3 is 2.33 bits per heavy atom. The zero-order chi connectivity index (χ0) is 20.0. The Balaban J connectivity index is 1.91. The second-order valence-electron chi connectivity index (χ2n) is 6.91. The van der Waals surface area contributed by atoms with Crippen molar-refractivity contribution in [2.75, 3.05) is 17.1 Å². The quantitative estimate of drug-likeness (QED) is 0.749. The molecule has 0 bridgehead atoms. The molecule has 2 rings (SSSR count). The average Bonchev–Trinajstić information content (AvgIpc) is 2.60. The van der Waals surface area contributed by atoms with Crippen LogP contribution in [0.3, 0.4) is 0 Å². The molecule has 5 nitrogen and oxygen atoms in total. The molecule has 0 radical (unpaired) electrons. The van der Waals surface area contributed by atoms with E-state index in [9.17, 15) is 13.2 Å². The molecule has 146 valence electrons. The summed E-state index contributed by atoms with van der Waals surface area (Å²) in [5.41, 5.74) is 4.09. The minimum Gasteiger partial charge on any atom is -0.350 e. The standard InChI is InChI=1S/C21H28N2O3S/c1-16-12-13-19(15-17(16)2)18(3)22-21(24)11-8-14-23(27(4,25)26)20-9-6-5-7-10-20/h5-7,9-10,12-13,15,18H,8,11,14H2,1-4H3,(H,22,24)/t18-/m1/s1. The van der Waals surface area contributed by atoms with E-state index in [1.54, 1.807) is 24.3 Å². The number of sulfonamides is 1. The third kappa shape index (κ3) is 6.10. The molecule has 0 unspecified atom stereocenters. The van der Waals surface area contributed by atoms with Gasteiger partial charge in [-0.15, -0.1) is 0 Å². The number of carbonyl (C=O) groups is 1. The third-order valence-electron chi connectivity index (χ3n) is 4.62. The molecular weight excluding hydrogens is 360 g/mol. The van der Waals surface area contributed by atoms with Crippen molar-refractivity contribution in [2.45, 2.75) is 39.7 Å². The summed E-state index contributed by atoms with van der Waals surface area (Å²) in [6.45, 7) is 6.34. The Bertz CT molecular complexity index is 880. The van der Waals surface area contributed by atoms with Crippen LogP contribution in [0.1, 0.15) is 42.5 Å². The number of benzene rings is 2. The summed E-state index contributed by atoms with van der Waals surface area (Å²) in [5, 5.41) is 2.99. The molecule has 1 N–H and O–H groups in total. The second-order valence-corrected chi connectivity index (χ2v) is 8.81. The first-order valence-corrected chi connectivity index (χ1v) is 10.9. The lowest BCUT2D eigenvalue weighted by Crippen LogP contribution is -2.32. The van der Waals surface area contributed by atoms with Crippen LogP contribution in [0.2, 0.25) is 0 Å². The Morgan fingerprint density at radius 1 is 1.07 bits per heavy atom. The highest BCUT2D eigenvalue weighted by molar-refractivity contribution is 7.92. The molecule has 0 aliphatic carbocycles. The molecule has 2 aromatic rings. The first-order chi connectivity index (χ1) is 12.7. The minimum absolute atomic E-state index is 0.0813. The van der Waals surface area contributed by atoms with E-state index in [1.807, 2.05) is 19.1 Å². The Hall–Kier alpha value is -2.34. The molecule has 0 spiro atoms. The van der Waals surface area contributed by atoms with Crippen molar-refractivity contribution >= 4 is 21.6 Å². The van der Waals surface area contributed by atoms with E-state index in [0.717, 1.165) is 5.56 Å². The summed E-state index contributed by atoms with van der Waals surface area (Å²) in [7, 11) is -3.39. The van der Waals surface area contributed by atoms with Crippen LogP contribution in [-0.4, -0.2) is 27.1 Å². The fraction of sp³-hybridized carbons (Fsp3) is 0.381. The van der Waals surface area contributed by atoms with Crippen LogP contribution in [0, 0.1) is 13.8 Å². The highest BCUT2D eigenvalue weighted by atomic mass is 32.2. The lowest BCUT2D eigenvalue weighted by atomic mass is 10.0. The molecule has 0 fully saturated rings. The molecule has 27 heavy (non-hydrogen) atoms. The number of carbonyl (C=O) groups excluding carboxylic acids is 1. The van der Waals surface area contributed by atoms with Crippen molar-refractivity contribution in [2.24, 2.45) is 0 Å². The van der Waals surface area contributed by atoms with Crippen LogP contribution >= 0.6 is 0 Å². The number of nitrogens with one attached hydrogen (secondary N) is 1. The van der Waals surface area contributed by atoms with Gasteiger partial charge in [0.05, 0.1) is 18.0 Å². The van der Waals surface area contributed by atoms with Crippen molar-refractivity contribution in [3.63, 3.8) is 0 Å². The number of nitrogens with zero attached hydrogens (tertiary/aromatic N) is 1. The summed E-state index contributed by atoms with van der Waals surface area (Å²) in [6.07, 6.45) is 1.91. The summed E-state index contributed by atoms with van der Waals surface area (Å²) in [5.74, 6) is -0.0813. The highest BCUT2D eigenvalue weighted by Gasteiger charge is 2.17. The van der Waals surface area contributed by atoms with E-state index in [0.29, 0.717) is 12.1 Å². The molecule has 1 amide bonds. The van der Waals surface area contributed by atoms with Crippen LogP contribution in [0.4, 0.5) is 5.69 Å². The van der Waals surface area contributed by atoms with Crippen molar-refractivity contribution < 1.29 is 13.2 Å². The van der Waals surface area contributed by atoms with Crippen LogP contribution in [0.5, 0.6) is 0 Å². The fourth-order valence-corrected chi connectivity index (χ4v) is 3.86. The molecule has 0 saturated carbocycles. The maximum absolute atomic E-state index is 12.3. The number of amides is 1. The number of para-hydroxylation sites is 1. The summed E-state index contributed by atoms with van der Waals surface area (Å²) in [6, 6.07) is 15.0. The van der Waals surface area contributed by atoms with Gasteiger partial charge in [0.15, 0.2) is 0 Å². The molecular formula is C21H28N2O3S. The van der Waals surface area contributed by atoms with Gasteiger partial charge in [-0.25, -0.2) is 8.42 Å². The molecule has 0 aromatic heterocycles. The van der Waals surface area contributed by atoms with Gasteiger partial charge in [0, 0.05) is 13.0 Å². The molecule has 0 aliphatic rings. The SMILES string of the molecule is Cc1ccc([C@@H](C)NC(=O)CCCN(c2ccccc2)S(C)(=O)=O)cc1C. The second kappa shape index (κ2) is 9.04. The topological polar surface area (TPSA) is 66.5 Å². The average molecular weight is 389 g/mol. The van der Waals surface area contributed by atoms with E-state index in [-0.39, 0.29) is 24.9 Å². The van der Waals surface area contributed by atoms with Gasteiger partial charge in [0.2, 0.25) is 15.9 Å². The Labute approximate surface area is 162 Å². The third-order valence-corrected chi connectivity index (χ3v) is 5.81. The maximum Gasteiger partial charge on any atom is 0.232 e. The van der Waals surface area contributed by atoms with Gasteiger partial charge in [-0.2, -0.15) is 0 Å². The van der Waals surface area contributed by atoms with E-state index < -0.39 is 10.0 Å². The summed E-state index contributed by atoms with van der Waals surface area (Å²) >= 11 is 0. The molecule has 2 aromatic carbocycles. The van der Waals surface area contributed by atoms with Crippen LogP contribution in [0.15, 0.2) is 48.5 Å². The largest absolute Gasteiger partial charge is 0.350 e.